The Bertz CT molecular complexity index is 1550. The number of carbonyl (C=O) groups excluding carboxylic acids is 3. The van der Waals surface area contributed by atoms with Crippen molar-refractivity contribution in [2.24, 2.45) is 11.7 Å². The molecular formula is C36H45ClN4O5. The number of aryl methyl sites for hydroxylation is 1. The summed E-state index contributed by atoms with van der Waals surface area (Å²) in [5.41, 5.74) is 9.66. The van der Waals surface area contributed by atoms with Crippen LogP contribution in [0.4, 0.5) is 4.79 Å². The van der Waals surface area contributed by atoms with E-state index < -0.39 is 17.6 Å². The Hall–Kier alpha value is -3.92. The summed E-state index contributed by atoms with van der Waals surface area (Å²) >= 11 is 6.89. The van der Waals surface area contributed by atoms with Crippen LogP contribution < -0.4 is 16.4 Å². The van der Waals surface area contributed by atoms with Crippen molar-refractivity contribution in [1.82, 2.24) is 15.5 Å². The number of halogens is 1. The number of hydrogen-bond acceptors (Lipinski definition) is 6. The number of rotatable bonds is 13. The zero-order chi connectivity index (χ0) is 33.3. The van der Waals surface area contributed by atoms with Crippen molar-refractivity contribution in [1.29, 1.82) is 0 Å². The minimum Gasteiger partial charge on any atom is -0.453 e. The summed E-state index contributed by atoms with van der Waals surface area (Å²) in [5, 5.41) is 19.2. The first-order valence-corrected chi connectivity index (χ1v) is 16.3. The predicted molar refractivity (Wildman–Crippen MR) is 181 cm³/mol. The molecule has 0 radical (unpaired) electrons. The Labute approximate surface area is 276 Å². The molecule has 9 nitrogen and oxygen atoms in total. The molecule has 1 fully saturated rings. The number of methoxy groups -OCH3 is 1. The number of benzene rings is 3. The van der Waals surface area contributed by atoms with E-state index in [0.717, 1.165) is 28.7 Å². The van der Waals surface area contributed by atoms with Crippen LogP contribution in [0.3, 0.4) is 0 Å². The molecule has 0 spiro atoms. The second-order valence-corrected chi connectivity index (χ2v) is 12.3. The molecule has 4 rings (SSSR count). The van der Waals surface area contributed by atoms with Gasteiger partial charge in [0.25, 0.3) is 5.91 Å². The Morgan fingerprint density at radius 1 is 1.11 bits per heavy atom. The van der Waals surface area contributed by atoms with Gasteiger partial charge in [0.1, 0.15) is 0 Å². The number of carbonyl (C=O) groups is 3. The molecule has 3 aromatic rings. The van der Waals surface area contributed by atoms with Gasteiger partial charge in [0.2, 0.25) is 5.91 Å². The number of nitrogens with one attached hydrogen (secondary N) is 2. The van der Waals surface area contributed by atoms with Gasteiger partial charge in [-0.15, -0.1) is 0 Å². The molecule has 1 saturated heterocycles. The number of amides is 3. The molecule has 10 heteroatoms. The van der Waals surface area contributed by atoms with Gasteiger partial charge >= 0.3 is 6.09 Å². The average molecular weight is 649 g/mol. The fraction of sp³-hybridized carbons (Fsp3) is 0.417. The van der Waals surface area contributed by atoms with Crippen molar-refractivity contribution in [3.63, 3.8) is 0 Å². The van der Waals surface area contributed by atoms with E-state index in [4.69, 9.17) is 22.1 Å². The third-order valence-electron chi connectivity index (χ3n) is 8.82. The van der Waals surface area contributed by atoms with Crippen LogP contribution in [0.1, 0.15) is 65.2 Å². The van der Waals surface area contributed by atoms with Crippen molar-refractivity contribution >= 4 is 29.5 Å². The lowest BCUT2D eigenvalue weighted by Crippen LogP contribution is -2.48. The molecular weight excluding hydrogens is 604 g/mol. The third-order valence-corrected chi connectivity index (χ3v) is 9.14. The van der Waals surface area contributed by atoms with Crippen LogP contribution in [-0.2, 0) is 34.5 Å². The number of alkyl carbamates (subject to hydrolysis) is 1. The first kappa shape index (κ1) is 34.9. The molecule has 2 atom stereocenters. The Balaban J connectivity index is 1.73. The molecule has 246 valence electrons. The van der Waals surface area contributed by atoms with Gasteiger partial charge in [0, 0.05) is 48.2 Å². The van der Waals surface area contributed by atoms with Crippen molar-refractivity contribution in [2.75, 3.05) is 33.8 Å². The zero-order valence-electron chi connectivity index (χ0n) is 26.9. The van der Waals surface area contributed by atoms with Gasteiger partial charge in [-0.2, -0.15) is 0 Å². The summed E-state index contributed by atoms with van der Waals surface area (Å²) in [6.07, 6.45) is 2.41. The van der Waals surface area contributed by atoms with Crippen LogP contribution in [0.2, 0.25) is 5.02 Å². The minimum atomic E-state index is -1.38. The zero-order valence-corrected chi connectivity index (χ0v) is 27.7. The first-order chi connectivity index (χ1) is 22.1. The van der Waals surface area contributed by atoms with E-state index in [1.54, 1.807) is 11.0 Å². The molecule has 46 heavy (non-hydrogen) atoms. The molecule has 0 unspecified atom stereocenters. The number of primary amides is 1. The van der Waals surface area contributed by atoms with Gasteiger partial charge < -0.3 is 31.1 Å². The molecule has 0 saturated carbocycles. The maximum Gasteiger partial charge on any atom is 0.406 e. The van der Waals surface area contributed by atoms with Crippen LogP contribution in [-0.4, -0.2) is 61.7 Å². The molecule has 3 amide bonds. The highest BCUT2D eigenvalue weighted by Crippen LogP contribution is 2.46. The van der Waals surface area contributed by atoms with Crippen molar-refractivity contribution in [3.05, 3.63) is 93.5 Å². The summed E-state index contributed by atoms with van der Waals surface area (Å²) in [7, 11) is 3.14. The van der Waals surface area contributed by atoms with Crippen molar-refractivity contribution in [2.45, 2.75) is 57.6 Å². The second kappa shape index (κ2) is 16.1. The minimum absolute atomic E-state index is 0.0459. The fourth-order valence-corrected chi connectivity index (χ4v) is 6.81. The van der Waals surface area contributed by atoms with Crippen molar-refractivity contribution in [3.8, 4) is 11.1 Å². The van der Waals surface area contributed by atoms with Gasteiger partial charge in [0.15, 0.2) is 0 Å². The number of nitrogens with zero attached hydrogens (tertiary/aromatic N) is 1. The van der Waals surface area contributed by atoms with Gasteiger partial charge in [0.05, 0.1) is 19.1 Å². The van der Waals surface area contributed by atoms with Crippen LogP contribution in [0, 0.1) is 5.92 Å². The summed E-state index contributed by atoms with van der Waals surface area (Å²) in [6, 6.07) is 19.2. The number of nitrogens with two attached hydrogens (primary N) is 1. The standard InChI is InChI=1S/C36H45ClN4O5/c1-4-24-9-5-10-26(19-24)33-30(12-6-13-31(33)37)36(45,16-8-17-40-35(44)46-3)28-11-7-18-41(23-28)34(43)29-15-14-25(22-39-2)20-27(29)21-32(38)42/h5-6,9-10,12-15,19-20,28,39,45H,4,7-8,11,16-18,21-23H2,1-3H3,(H2,38,42)(H,40,44)/t28-,36+/m1/s1. The normalized spacial score (nSPS) is 16.0. The first-order valence-electron chi connectivity index (χ1n) is 15.9. The molecule has 1 aliphatic heterocycles. The summed E-state index contributed by atoms with van der Waals surface area (Å²) in [5.74, 6) is -1.05. The van der Waals surface area contributed by atoms with Crippen molar-refractivity contribution < 1.29 is 24.2 Å². The number of piperidine rings is 1. The maximum absolute atomic E-state index is 14.1. The van der Waals surface area contributed by atoms with E-state index in [1.165, 1.54) is 7.11 Å². The highest BCUT2D eigenvalue weighted by atomic mass is 35.5. The third kappa shape index (κ3) is 8.26. The Morgan fingerprint density at radius 2 is 1.89 bits per heavy atom. The summed E-state index contributed by atoms with van der Waals surface area (Å²) < 4.78 is 4.73. The number of likely N-dealkylation sites (tertiary alicyclic amines) is 1. The molecule has 1 aliphatic rings. The lowest BCUT2D eigenvalue weighted by molar-refractivity contribution is -0.117. The lowest BCUT2D eigenvalue weighted by Gasteiger charge is -2.44. The smallest absolute Gasteiger partial charge is 0.406 e. The molecule has 3 aromatic carbocycles. The van der Waals surface area contributed by atoms with Crippen LogP contribution >= 0.6 is 11.6 Å². The van der Waals surface area contributed by atoms with E-state index >= 15 is 0 Å². The van der Waals surface area contributed by atoms with Crippen LogP contribution in [0.5, 0.6) is 0 Å². The largest absolute Gasteiger partial charge is 0.453 e. The molecule has 1 heterocycles. The SMILES string of the molecule is CCc1cccc(-c2c(Cl)cccc2[C@](O)(CCCNC(=O)OC)[C@@H]2CCCN(C(=O)c3ccc(CNC)cc3CC(N)=O)C2)c1. The highest BCUT2D eigenvalue weighted by molar-refractivity contribution is 6.33. The van der Waals surface area contributed by atoms with E-state index in [1.807, 2.05) is 49.5 Å². The number of hydrogen-bond donors (Lipinski definition) is 4. The van der Waals surface area contributed by atoms with Crippen LogP contribution in [0.15, 0.2) is 60.7 Å². The average Bonchev–Trinajstić information content (AvgIpc) is 3.06. The predicted octanol–water partition coefficient (Wildman–Crippen LogP) is 5.19. The number of ether oxygens (including phenoxy) is 1. The maximum atomic E-state index is 14.1. The topological polar surface area (TPSA) is 134 Å². The molecule has 0 bridgehead atoms. The molecule has 5 N–H and O–H groups in total. The highest BCUT2D eigenvalue weighted by Gasteiger charge is 2.43. The van der Waals surface area contributed by atoms with E-state index in [0.29, 0.717) is 73.6 Å². The van der Waals surface area contributed by atoms with E-state index in [2.05, 4.69) is 29.7 Å². The van der Waals surface area contributed by atoms with Gasteiger partial charge in [-0.25, -0.2) is 4.79 Å². The quantitative estimate of drug-likeness (QED) is 0.189. The number of aliphatic hydroxyl groups is 1. The second-order valence-electron chi connectivity index (χ2n) is 11.9. The summed E-state index contributed by atoms with van der Waals surface area (Å²) in [6.45, 7) is 3.81. The molecule has 0 aromatic heterocycles. The summed E-state index contributed by atoms with van der Waals surface area (Å²) in [4.78, 5) is 39.5. The lowest BCUT2D eigenvalue weighted by atomic mass is 9.72. The Kier molecular flexibility index (Phi) is 12.2. The van der Waals surface area contributed by atoms with Gasteiger partial charge in [-0.05, 0) is 79.1 Å². The fourth-order valence-electron chi connectivity index (χ4n) is 6.53. The monoisotopic (exact) mass is 648 g/mol. The molecule has 0 aliphatic carbocycles. The van der Waals surface area contributed by atoms with Gasteiger partial charge in [-0.3, -0.25) is 9.59 Å². The van der Waals surface area contributed by atoms with Gasteiger partial charge in [-0.1, -0.05) is 67.1 Å². The van der Waals surface area contributed by atoms with Crippen LogP contribution in [0.25, 0.3) is 11.1 Å². The Morgan fingerprint density at radius 3 is 2.61 bits per heavy atom. The van der Waals surface area contributed by atoms with E-state index in [9.17, 15) is 19.5 Å². The van der Waals surface area contributed by atoms with E-state index in [-0.39, 0.29) is 18.2 Å².